The van der Waals surface area contributed by atoms with Crippen LogP contribution in [0.25, 0.3) is 5.69 Å². The van der Waals surface area contributed by atoms with E-state index >= 15 is 0 Å². The molecule has 0 unspecified atom stereocenters. The number of aliphatic carboxylic acids is 1. The Balaban J connectivity index is 1.59. The van der Waals surface area contributed by atoms with Crippen molar-refractivity contribution in [2.45, 2.75) is 31.7 Å². The highest BCUT2D eigenvalue weighted by atomic mass is 16.4. The summed E-state index contributed by atoms with van der Waals surface area (Å²) in [6, 6.07) is 11.3. The molecule has 0 atom stereocenters. The largest absolute Gasteiger partial charge is 0.481 e. The van der Waals surface area contributed by atoms with Crippen molar-refractivity contribution in [3.05, 3.63) is 48.3 Å². The molecule has 2 N–H and O–H groups in total. The molecule has 120 valence electrons. The summed E-state index contributed by atoms with van der Waals surface area (Å²) in [6.45, 7) is 0. The van der Waals surface area contributed by atoms with Gasteiger partial charge in [-0.05, 0) is 43.9 Å². The van der Waals surface area contributed by atoms with E-state index in [0.717, 1.165) is 5.69 Å². The Labute approximate surface area is 134 Å². The maximum atomic E-state index is 12.3. The molecule has 0 bridgehead atoms. The number of nitrogens with one attached hydrogen (secondary N) is 1. The molecule has 3 rings (SSSR count). The van der Waals surface area contributed by atoms with E-state index in [9.17, 15) is 9.59 Å². The van der Waals surface area contributed by atoms with Crippen LogP contribution in [0.5, 0.6) is 0 Å². The minimum atomic E-state index is -0.739. The van der Waals surface area contributed by atoms with E-state index in [-0.39, 0.29) is 17.9 Å². The van der Waals surface area contributed by atoms with Crippen LogP contribution in [0.2, 0.25) is 0 Å². The van der Waals surface area contributed by atoms with Crippen LogP contribution in [0.1, 0.15) is 36.2 Å². The Morgan fingerprint density at radius 2 is 1.78 bits per heavy atom. The van der Waals surface area contributed by atoms with Crippen LogP contribution < -0.4 is 5.32 Å². The number of carboxylic acid groups (broad SMARTS) is 1. The van der Waals surface area contributed by atoms with Crippen molar-refractivity contribution in [2.75, 3.05) is 0 Å². The van der Waals surface area contributed by atoms with Gasteiger partial charge in [0.05, 0.1) is 11.6 Å². The highest BCUT2D eigenvalue weighted by molar-refractivity contribution is 5.92. The van der Waals surface area contributed by atoms with Gasteiger partial charge in [-0.3, -0.25) is 9.59 Å². The summed E-state index contributed by atoms with van der Waals surface area (Å²) >= 11 is 0. The van der Waals surface area contributed by atoms with Crippen molar-refractivity contribution in [3.63, 3.8) is 0 Å². The summed E-state index contributed by atoms with van der Waals surface area (Å²) in [5.74, 6) is -1.23. The van der Waals surface area contributed by atoms with Crippen molar-refractivity contribution in [1.82, 2.24) is 15.1 Å². The molecule has 0 saturated heterocycles. The zero-order chi connectivity index (χ0) is 16.2. The fourth-order valence-electron chi connectivity index (χ4n) is 2.91. The number of hydrogen-bond acceptors (Lipinski definition) is 3. The number of carbonyl (C=O) groups excluding carboxylic acids is 1. The van der Waals surface area contributed by atoms with E-state index in [1.54, 1.807) is 16.9 Å². The summed E-state index contributed by atoms with van der Waals surface area (Å²) in [4.78, 5) is 23.2. The number of amides is 1. The molecular weight excluding hydrogens is 294 g/mol. The molecule has 0 spiro atoms. The van der Waals surface area contributed by atoms with Crippen molar-refractivity contribution >= 4 is 11.9 Å². The van der Waals surface area contributed by atoms with Gasteiger partial charge in [-0.25, -0.2) is 4.68 Å². The SMILES string of the molecule is O=C(NC1CCC(C(=O)O)CC1)c1ccn(-c2ccccc2)n1. The van der Waals surface area contributed by atoms with Gasteiger partial charge >= 0.3 is 5.97 Å². The molecule has 1 heterocycles. The highest BCUT2D eigenvalue weighted by Gasteiger charge is 2.27. The van der Waals surface area contributed by atoms with E-state index in [4.69, 9.17) is 5.11 Å². The number of rotatable bonds is 4. The third-order valence-electron chi connectivity index (χ3n) is 4.25. The summed E-state index contributed by atoms with van der Waals surface area (Å²) in [5.41, 5.74) is 1.27. The quantitative estimate of drug-likeness (QED) is 0.906. The molecule has 1 aromatic heterocycles. The number of carboxylic acids is 1. The first kappa shape index (κ1) is 15.3. The second-order valence-electron chi connectivity index (χ2n) is 5.84. The smallest absolute Gasteiger partial charge is 0.306 e. The standard InChI is InChI=1S/C17H19N3O3/c21-16(18-13-8-6-12(7-9-13)17(22)23)15-10-11-20(19-15)14-4-2-1-3-5-14/h1-5,10-13H,6-9H2,(H,18,21)(H,22,23). The molecule has 1 saturated carbocycles. The molecule has 1 aliphatic carbocycles. The Morgan fingerprint density at radius 3 is 2.43 bits per heavy atom. The minimum absolute atomic E-state index is 0.0278. The van der Waals surface area contributed by atoms with Crippen molar-refractivity contribution in [1.29, 1.82) is 0 Å². The van der Waals surface area contributed by atoms with Crippen LogP contribution in [-0.2, 0) is 4.79 Å². The molecule has 6 nitrogen and oxygen atoms in total. The Morgan fingerprint density at radius 1 is 1.09 bits per heavy atom. The second-order valence-corrected chi connectivity index (χ2v) is 5.84. The molecule has 23 heavy (non-hydrogen) atoms. The summed E-state index contributed by atoms with van der Waals surface area (Å²) in [5, 5.41) is 16.2. The average Bonchev–Trinajstić information content (AvgIpc) is 3.06. The minimum Gasteiger partial charge on any atom is -0.481 e. The molecule has 1 fully saturated rings. The third kappa shape index (κ3) is 3.59. The number of hydrogen-bond donors (Lipinski definition) is 2. The maximum Gasteiger partial charge on any atom is 0.306 e. The van der Waals surface area contributed by atoms with Gasteiger partial charge in [-0.15, -0.1) is 0 Å². The van der Waals surface area contributed by atoms with Gasteiger partial charge in [-0.1, -0.05) is 18.2 Å². The van der Waals surface area contributed by atoms with E-state index in [2.05, 4.69) is 10.4 Å². The molecule has 1 aromatic carbocycles. The summed E-state index contributed by atoms with van der Waals surface area (Å²) < 4.78 is 1.66. The molecular formula is C17H19N3O3. The Bertz CT molecular complexity index is 688. The van der Waals surface area contributed by atoms with Gasteiger partial charge in [0.25, 0.3) is 5.91 Å². The number of carbonyl (C=O) groups is 2. The molecule has 0 aliphatic heterocycles. The molecule has 1 aliphatic rings. The molecule has 2 aromatic rings. The van der Waals surface area contributed by atoms with Crippen LogP contribution in [0.15, 0.2) is 42.6 Å². The van der Waals surface area contributed by atoms with Crippen molar-refractivity contribution < 1.29 is 14.7 Å². The Kier molecular flexibility index (Phi) is 4.41. The van der Waals surface area contributed by atoms with Gasteiger partial charge in [0.2, 0.25) is 0 Å². The molecule has 6 heteroatoms. The lowest BCUT2D eigenvalue weighted by molar-refractivity contribution is -0.142. The van der Waals surface area contributed by atoms with E-state index < -0.39 is 5.97 Å². The second kappa shape index (κ2) is 6.64. The number of para-hydroxylation sites is 1. The first-order valence-corrected chi connectivity index (χ1v) is 7.78. The first-order valence-electron chi connectivity index (χ1n) is 7.78. The van der Waals surface area contributed by atoms with Gasteiger partial charge in [-0.2, -0.15) is 5.10 Å². The van der Waals surface area contributed by atoms with E-state index in [0.29, 0.717) is 31.4 Å². The number of benzene rings is 1. The van der Waals surface area contributed by atoms with Gasteiger partial charge in [0.15, 0.2) is 5.69 Å². The maximum absolute atomic E-state index is 12.3. The average molecular weight is 313 g/mol. The van der Waals surface area contributed by atoms with Crippen LogP contribution >= 0.6 is 0 Å². The third-order valence-corrected chi connectivity index (χ3v) is 4.25. The van der Waals surface area contributed by atoms with Crippen molar-refractivity contribution in [2.24, 2.45) is 5.92 Å². The van der Waals surface area contributed by atoms with E-state index in [1.807, 2.05) is 30.3 Å². The Hall–Kier alpha value is -2.63. The molecule has 1 amide bonds. The fraction of sp³-hybridized carbons (Fsp3) is 0.353. The van der Waals surface area contributed by atoms with Gasteiger partial charge < -0.3 is 10.4 Å². The lowest BCUT2D eigenvalue weighted by atomic mass is 9.86. The van der Waals surface area contributed by atoms with Gasteiger partial charge in [0.1, 0.15) is 0 Å². The van der Waals surface area contributed by atoms with Crippen LogP contribution in [-0.4, -0.2) is 32.8 Å². The lowest BCUT2D eigenvalue weighted by Gasteiger charge is -2.26. The van der Waals surface area contributed by atoms with E-state index in [1.165, 1.54) is 0 Å². The zero-order valence-corrected chi connectivity index (χ0v) is 12.7. The van der Waals surface area contributed by atoms with Crippen molar-refractivity contribution in [3.8, 4) is 5.69 Å². The van der Waals surface area contributed by atoms with Crippen LogP contribution in [0.3, 0.4) is 0 Å². The predicted octanol–water partition coefficient (Wildman–Crippen LogP) is 2.25. The topological polar surface area (TPSA) is 84.2 Å². The fourth-order valence-corrected chi connectivity index (χ4v) is 2.91. The molecule has 0 radical (unpaired) electrons. The lowest BCUT2D eigenvalue weighted by Crippen LogP contribution is -2.38. The number of nitrogens with zero attached hydrogens (tertiary/aromatic N) is 2. The van der Waals surface area contributed by atoms with Gasteiger partial charge in [0, 0.05) is 12.2 Å². The zero-order valence-electron chi connectivity index (χ0n) is 12.7. The summed E-state index contributed by atoms with van der Waals surface area (Å²) in [7, 11) is 0. The predicted molar refractivity (Wildman–Crippen MR) is 84.4 cm³/mol. The normalized spacial score (nSPS) is 20.9. The first-order chi connectivity index (χ1) is 11.1. The van der Waals surface area contributed by atoms with Crippen LogP contribution in [0.4, 0.5) is 0 Å². The monoisotopic (exact) mass is 313 g/mol. The summed E-state index contributed by atoms with van der Waals surface area (Å²) in [6.07, 6.45) is 4.37. The number of aromatic nitrogens is 2. The highest BCUT2D eigenvalue weighted by Crippen LogP contribution is 2.24. The van der Waals surface area contributed by atoms with Crippen LogP contribution in [0, 0.1) is 5.92 Å².